The fourth-order valence-corrected chi connectivity index (χ4v) is 3.71. The van der Waals surface area contributed by atoms with Gasteiger partial charge in [-0.2, -0.15) is 0 Å². The van der Waals surface area contributed by atoms with Crippen LogP contribution in [0.2, 0.25) is 0 Å². The molecule has 0 amide bonds. The fraction of sp³-hybridized carbons (Fsp3) is 0.600. The van der Waals surface area contributed by atoms with E-state index in [1.54, 1.807) is 0 Å². The lowest BCUT2D eigenvalue weighted by Gasteiger charge is -2.34. The number of allylic oxidation sites excluding steroid dienone is 2. The van der Waals surface area contributed by atoms with E-state index < -0.39 is 0 Å². The lowest BCUT2D eigenvalue weighted by Crippen LogP contribution is -2.36. The Morgan fingerprint density at radius 1 is 1.17 bits per heavy atom. The Labute approximate surface area is 140 Å². The van der Waals surface area contributed by atoms with E-state index in [1.807, 2.05) is 0 Å². The number of hydrogen-bond acceptors (Lipinski definition) is 3. The lowest BCUT2D eigenvalue weighted by molar-refractivity contribution is 0.122. The number of nitrogens with two attached hydrogens (primary N) is 1. The molecule has 1 fully saturated rings. The van der Waals surface area contributed by atoms with Crippen LogP contribution in [0.1, 0.15) is 45.6 Å². The zero-order chi connectivity index (χ0) is 16.4. The highest BCUT2D eigenvalue weighted by Crippen LogP contribution is 2.41. The van der Waals surface area contributed by atoms with Crippen LogP contribution in [0.25, 0.3) is 5.57 Å². The second-order valence-electron chi connectivity index (χ2n) is 7.94. The summed E-state index contributed by atoms with van der Waals surface area (Å²) in [7, 11) is 0. The summed E-state index contributed by atoms with van der Waals surface area (Å²) in [6.07, 6.45) is 5.99. The molecular weight excluding hydrogens is 284 g/mol. The smallest absolute Gasteiger partial charge is 0.0642 e. The standard InChI is InChI=1S/C20H30N2O/c1-20(2,3)16-6-4-15(5-7-16)18-14-17(8-9-19(18)21)22-10-12-23-13-11-22/h4,8-9,14,16H,5-7,10-13,21H2,1-3H3. The van der Waals surface area contributed by atoms with Gasteiger partial charge in [-0.3, -0.25) is 0 Å². The molecule has 1 unspecified atom stereocenters. The predicted molar refractivity (Wildman–Crippen MR) is 98.7 cm³/mol. The van der Waals surface area contributed by atoms with Crippen molar-refractivity contribution in [2.75, 3.05) is 36.9 Å². The Bertz CT molecular complexity index is 580. The summed E-state index contributed by atoms with van der Waals surface area (Å²) in [6, 6.07) is 6.49. The summed E-state index contributed by atoms with van der Waals surface area (Å²) in [5.41, 5.74) is 11.5. The Morgan fingerprint density at radius 3 is 2.52 bits per heavy atom. The molecule has 1 aromatic carbocycles. The molecule has 1 heterocycles. The predicted octanol–water partition coefficient (Wildman–Crippen LogP) is 4.34. The van der Waals surface area contributed by atoms with Gasteiger partial charge in [-0.15, -0.1) is 0 Å². The van der Waals surface area contributed by atoms with E-state index in [0.29, 0.717) is 5.41 Å². The van der Waals surface area contributed by atoms with Crippen molar-refractivity contribution < 1.29 is 4.74 Å². The van der Waals surface area contributed by atoms with Gasteiger partial charge >= 0.3 is 0 Å². The van der Waals surface area contributed by atoms with Gasteiger partial charge in [-0.1, -0.05) is 26.8 Å². The van der Waals surface area contributed by atoms with Crippen molar-refractivity contribution >= 4 is 16.9 Å². The second-order valence-corrected chi connectivity index (χ2v) is 7.94. The van der Waals surface area contributed by atoms with E-state index in [-0.39, 0.29) is 0 Å². The van der Waals surface area contributed by atoms with E-state index in [2.05, 4.69) is 49.9 Å². The molecule has 0 saturated carbocycles. The third-order valence-electron chi connectivity index (χ3n) is 5.39. The average molecular weight is 314 g/mol. The number of rotatable bonds is 2. The summed E-state index contributed by atoms with van der Waals surface area (Å²) >= 11 is 0. The summed E-state index contributed by atoms with van der Waals surface area (Å²) in [5, 5.41) is 0. The van der Waals surface area contributed by atoms with Gasteiger partial charge in [-0.25, -0.2) is 0 Å². The highest BCUT2D eigenvalue weighted by molar-refractivity contribution is 5.78. The molecule has 2 aliphatic rings. The van der Waals surface area contributed by atoms with E-state index in [0.717, 1.165) is 44.3 Å². The topological polar surface area (TPSA) is 38.5 Å². The van der Waals surface area contributed by atoms with Crippen molar-refractivity contribution in [1.82, 2.24) is 0 Å². The van der Waals surface area contributed by atoms with Crippen LogP contribution < -0.4 is 10.6 Å². The number of ether oxygens (including phenoxy) is 1. The zero-order valence-electron chi connectivity index (χ0n) is 14.8. The summed E-state index contributed by atoms with van der Waals surface area (Å²) in [6.45, 7) is 10.6. The van der Waals surface area contributed by atoms with Crippen LogP contribution in [-0.4, -0.2) is 26.3 Å². The van der Waals surface area contributed by atoms with E-state index in [9.17, 15) is 0 Å². The summed E-state index contributed by atoms with van der Waals surface area (Å²) < 4.78 is 5.46. The maximum Gasteiger partial charge on any atom is 0.0642 e. The minimum Gasteiger partial charge on any atom is -0.398 e. The Morgan fingerprint density at radius 2 is 1.91 bits per heavy atom. The molecule has 3 rings (SSSR count). The number of anilines is 2. The van der Waals surface area contributed by atoms with E-state index in [1.165, 1.54) is 29.7 Å². The van der Waals surface area contributed by atoms with Gasteiger partial charge in [0, 0.05) is 30.0 Å². The van der Waals surface area contributed by atoms with Crippen LogP contribution in [0, 0.1) is 11.3 Å². The van der Waals surface area contributed by atoms with Crippen LogP contribution in [-0.2, 0) is 4.74 Å². The molecule has 1 atom stereocenters. The Balaban J connectivity index is 1.81. The summed E-state index contributed by atoms with van der Waals surface area (Å²) in [5.74, 6) is 0.773. The van der Waals surface area contributed by atoms with Gasteiger partial charge in [0.25, 0.3) is 0 Å². The molecule has 3 nitrogen and oxygen atoms in total. The second kappa shape index (κ2) is 6.56. The largest absolute Gasteiger partial charge is 0.398 e. The van der Waals surface area contributed by atoms with Crippen LogP contribution in [0.4, 0.5) is 11.4 Å². The number of nitrogens with zero attached hydrogens (tertiary/aromatic N) is 1. The normalized spacial score (nSPS) is 22.8. The lowest BCUT2D eigenvalue weighted by atomic mass is 9.72. The molecule has 1 aliphatic heterocycles. The number of hydrogen-bond donors (Lipinski definition) is 1. The quantitative estimate of drug-likeness (QED) is 0.826. The van der Waals surface area contributed by atoms with Crippen molar-refractivity contribution in [3.63, 3.8) is 0 Å². The van der Waals surface area contributed by atoms with Gasteiger partial charge in [0.1, 0.15) is 0 Å². The number of benzene rings is 1. The van der Waals surface area contributed by atoms with Crippen LogP contribution in [0.5, 0.6) is 0 Å². The first-order valence-electron chi connectivity index (χ1n) is 8.87. The van der Waals surface area contributed by atoms with Crippen molar-refractivity contribution in [3.8, 4) is 0 Å². The molecule has 2 N–H and O–H groups in total. The Kier molecular flexibility index (Phi) is 4.67. The molecule has 1 aromatic rings. The average Bonchev–Trinajstić information content (AvgIpc) is 2.55. The van der Waals surface area contributed by atoms with Crippen molar-refractivity contribution in [1.29, 1.82) is 0 Å². The van der Waals surface area contributed by atoms with E-state index in [4.69, 9.17) is 10.5 Å². The first kappa shape index (κ1) is 16.4. The van der Waals surface area contributed by atoms with Gasteiger partial charge in [0.05, 0.1) is 13.2 Å². The van der Waals surface area contributed by atoms with Crippen molar-refractivity contribution in [2.24, 2.45) is 11.3 Å². The first-order chi connectivity index (χ1) is 10.9. The highest BCUT2D eigenvalue weighted by Gasteiger charge is 2.27. The molecule has 0 aromatic heterocycles. The molecule has 0 bridgehead atoms. The van der Waals surface area contributed by atoms with Gasteiger partial charge in [-0.05, 0) is 54.4 Å². The first-order valence-corrected chi connectivity index (χ1v) is 8.87. The SMILES string of the molecule is CC(C)(C)C1CC=C(c2cc(N3CCOCC3)ccc2N)CC1. The van der Waals surface area contributed by atoms with Gasteiger partial charge < -0.3 is 15.4 Å². The fourth-order valence-electron chi connectivity index (χ4n) is 3.71. The van der Waals surface area contributed by atoms with Gasteiger partial charge in [0.2, 0.25) is 0 Å². The molecule has 1 aliphatic carbocycles. The maximum absolute atomic E-state index is 6.29. The minimum atomic E-state index is 0.392. The minimum absolute atomic E-state index is 0.392. The van der Waals surface area contributed by atoms with E-state index >= 15 is 0 Å². The number of nitrogen functional groups attached to an aromatic ring is 1. The molecule has 23 heavy (non-hydrogen) atoms. The van der Waals surface area contributed by atoms with Crippen molar-refractivity contribution in [2.45, 2.75) is 40.0 Å². The maximum atomic E-state index is 6.29. The highest BCUT2D eigenvalue weighted by atomic mass is 16.5. The molecule has 0 spiro atoms. The van der Waals surface area contributed by atoms with Crippen LogP contribution in [0.3, 0.4) is 0 Å². The van der Waals surface area contributed by atoms with Crippen LogP contribution >= 0.6 is 0 Å². The number of morpholine rings is 1. The van der Waals surface area contributed by atoms with Crippen LogP contribution in [0.15, 0.2) is 24.3 Å². The van der Waals surface area contributed by atoms with Crippen molar-refractivity contribution in [3.05, 3.63) is 29.8 Å². The molecule has 0 radical (unpaired) electrons. The Hall–Kier alpha value is -1.48. The third-order valence-corrected chi connectivity index (χ3v) is 5.39. The van der Waals surface area contributed by atoms with Gasteiger partial charge in [0.15, 0.2) is 0 Å². The molecule has 1 saturated heterocycles. The zero-order valence-corrected chi connectivity index (χ0v) is 14.8. The monoisotopic (exact) mass is 314 g/mol. The molecule has 3 heteroatoms. The molecule has 126 valence electrons. The molecular formula is C20H30N2O. The summed E-state index contributed by atoms with van der Waals surface area (Å²) in [4.78, 5) is 2.40. The third kappa shape index (κ3) is 3.72.